The van der Waals surface area contributed by atoms with E-state index in [9.17, 15) is 4.79 Å². The van der Waals surface area contributed by atoms with Crippen molar-refractivity contribution in [1.29, 1.82) is 0 Å². The average Bonchev–Trinajstić information content (AvgIpc) is 3.01. The Bertz CT molecular complexity index is 607. The first-order chi connectivity index (χ1) is 12.1. The van der Waals surface area contributed by atoms with Crippen LogP contribution in [0.15, 0.2) is 23.2 Å². The fourth-order valence-corrected chi connectivity index (χ4v) is 2.97. The number of guanidine groups is 1. The Kier molecular flexibility index (Phi) is 10.4. The molecule has 0 atom stereocenters. The molecule has 1 aromatic rings. The summed E-state index contributed by atoms with van der Waals surface area (Å²) in [4.78, 5) is 18.2. The maximum atomic E-state index is 11.6. The van der Waals surface area contributed by atoms with Gasteiger partial charge in [-0.05, 0) is 43.9 Å². The fraction of sp³-hybridized carbons (Fsp3) is 0.579. The molecule has 1 aliphatic rings. The molecule has 0 spiro atoms. The largest absolute Gasteiger partial charge is 0.496 e. The molecule has 0 aliphatic carbocycles. The second-order valence-electron chi connectivity index (χ2n) is 6.26. The van der Waals surface area contributed by atoms with Crippen LogP contribution in [0.4, 0.5) is 0 Å². The zero-order valence-corrected chi connectivity index (χ0v) is 18.3. The van der Waals surface area contributed by atoms with Gasteiger partial charge in [0.1, 0.15) is 5.75 Å². The van der Waals surface area contributed by atoms with Crippen LogP contribution in [0.1, 0.15) is 37.3 Å². The zero-order valence-electron chi connectivity index (χ0n) is 16.0. The number of methoxy groups -OCH3 is 1. The van der Waals surface area contributed by atoms with Gasteiger partial charge in [0.25, 0.3) is 0 Å². The lowest BCUT2D eigenvalue weighted by atomic mass is 10.1. The molecule has 1 heterocycles. The van der Waals surface area contributed by atoms with Crippen LogP contribution in [0.3, 0.4) is 0 Å². The maximum Gasteiger partial charge on any atom is 0.222 e. The van der Waals surface area contributed by atoms with Crippen LogP contribution < -0.4 is 15.4 Å². The summed E-state index contributed by atoms with van der Waals surface area (Å²) in [5, 5.41) is 6.60. The number of benzene rings is 1. The van der Waals surface area contributed by atoms with Crippen molar-refractivity contribution >= 4 is 35.8 Å². The summed E-state index contributed by atoms with van der Waals surface area (Å²) in [6.07, 6.45) is 2.63. The third kappa shape index (κ3) is 7.01. The molecule has 0 aromatic heterocycles. The molecule has 1 amide bonds. The molecule has 26 heavy (non-hydrogen) atoms. The van der Waals surface area contributed by atoms with Gasteiger partial charge in [0.15, 0.2) is 5.96 Å². The highest BCUT2D eigenvalue weighted by Gasteiger charge is 2.18. The number of carbonyl (C=O) groups is 1. The van der Waals surface area contributed by atoms with E-state index in [-0.39, 0.29) is 29.9 Å². The van der Waals surface area contributed by atoms with E-state index in [4.69, 9.17) is 4.74 Å². The monoisotopic (exact) mass is 474 g/mol. The number of nitrogens with zero attached hydrogens (tertiary/aromatic N) is 2. The number of halogens is 1. The molecular weight excluding hydrogens is 443 g/mol. The highest BCUT2D eigenvalue weighted by molar-refractivity contribution is 14.0. The molecular formula is C19H31IN4O2. The molecule has 2 rings (SSSR count). The Morgan fingerprint density at radius 3 is 2.77 bits per heavy atom. The van der Waals surface area contributed by atoms with Crippen molar-refractivity contribution < 1.29 is 9.53 Å². The van der Waals surface area contributed by atoms with E-state index >= 15 is 0 Å². The van der Waals surface area contributed by atoms with E-state index in [1.54, 1.807) is 7.11 Å². The number of carbonyl (C=O) groups excluding carboxylic acids is 1. The summed E-state index contributed by atoms with van der Waals surface area (Å²) in [7, 11) is 1.68. The fourth-order valence-electron chi connectivity index (χ4n) is 2.97. The lowest BCUT2D eigenvalue weighted by Crippen LogP contribution is -2.39. The molecule has 1 aliphatic heterocycles. The second-order valence-corrected chi connectivity index (χ2v) is 6.26. The number of hydrogen-bond acceptors (Lipinski definition) is 3. The van der Waals surface area contributed by atoms with Gasteiger partial charge in [-0.2, -0.15) is 0 Å². The van der Waals surface area contributed by atoms with Crippen LogP contribution in [0, 0.1) is 6.92 Å². The van der Waals surface area contributed by atoms with Crippen molar-refractivity contribution in [3.63, 3.8) is 0 Å². The van der Waals surface area contributed by atoms with Gasteiger partial charge in [-0.25, -0.2) is 4.99 Å². The van der Waals surface area contributed by atoms with E-state index in [2.05, 4.69) is 28.6 Å². The number of nitrogens with one attached hydrogen (secondary N) is 2. The Hall–Kier alpha value is -1.51. The average molecular weight is 474 g/mol. The highest BCUT2D eigenvalue weighted by Crippen LogP contribution is 2.18. The second kappa shape index (κ2) is 12.0. The van der Waals surface area contributed by atoms with Crippen LogP contribution in [-0.4, -0.2) is 50.1 Å². The molecule has 0 unspecified atom stereocenters. The lowest BCUT2D eigenvalue weighted by Gasteiger charge is -2.16. The first kappa shape index (κ1) is 22.5. The van der Waals surface area contributed by atoms with Gasteiger partial charge in [-0.1, -0.05) is 12.1 Å². The number of hydrogen-bond donors (Lipinski definition) is 2. The van der Waals surface area contributed by atoms with E-state index in [0.717, 1.165) is 61.9 Å². The number of aryl methyl sites for hydroxylation is 1. The van der Waals surface area contributed by atoms with Crippen molar-refractivity contribution in [2.24, 2.45) is 4.99 Å². The smallest absolute Gasteiger partial charge is 0.222 e. The molecule has 1 saturated heterocycles. The summed E-state index contributed by atoms with van der Waals surface area (Å²) >= 11 is 0. The summed E-state index contributed by atoms with van der Waals surface area (Å²) in [5.41, 5.74) is 2.27. The number of aliphatic imine (C=N–C) groups is 1. The van der Waals surface area contributed by atoms with Crippen LogP contribution >= 0.6 is 24.0 Å². The minimum atomic E-state index is 0. The van der Waals surface area contributed by atoms with Crippen molar-refractivity contribution in [3.05, 3.63) is 29.3 Å². The predicted octanol–water partition coefficient (Wildman–Crippen LogP) is 2.69. The van der Waals surface area contributed by atoms with Gasteiger partial charge < -0.3 is 20.3 Å². The minimum absolute atomic E-state index is 0. The number of likely N-dealkylation sites (tertiary alicyclic amines) is 1. The van der Waals surface area contributed by atoms with Crippen molar-refractivity contribution in [2.75, 3.05) is 33.3 Å². The van der Waals surface area contributed by atoms with Gasteiger partial charge in [-0.3, -0.25) is 4.79 Å². The Morgan fingerprint density at radius 2 is 2.15 bits per heavy atom. The number of amides is 1. The van der Waals surface area contributed by atoms with Crippen molar-refractivity contribution in [2.45, 2.75) is 39.7 Å². The van der Waals surface area contributed by atoms with Crippen LogP contribution in [0.25, 0.3) is 0 Å². The SMILES string of the molecule is CCNC(=NCc1ccc(OC)c(C)c1)NCCCN1CCCC1=O.I. The molecule has 0 bridgehead atoms. The Labute approximate surface area is 173 Å². The van der Waals surface area contributed by atoms with E-state index in [1.807, 2.05) is 24.0 Å². The van der Waals surface area contributed by atoms with Gasteiger partial charge >= 0.3 is 0 Å². The lowest BCUT2D eigenvalue weighted by molar-refractivity contribution is -0.127. The summed E-state index contributed by atoms with van der Waals surface area (Å²) in [6, 6.07) is 6.12. The normalized spacial score (nSPS) is 14.2. The molecule has 1 fully saturated rings. The first-order valence-electron chi connectivity index (χ1n) is 9.07. The Morgan fingerprint density at radius 1 is 1.35 bits per heavy atom. The number of rotatable bonds is 8. The van der Waals surface area contributed by atoms with Gasteiger partial charge in [0, 0.05) is 32.6 Å². The van der Waals surface area contributed by atoms with Crippen molar-refractivity contribution in [1.82, 2.24) is 15.5 Å². The molecule has 0 saturated carbocycles. The van der Waals surface area contributed by atoms with Gasteiger partial charge in [0.05, 0.1) is 13.7 Å². The van der Waals surface area contributed by atoms with Crippen LogP contribution in [0.5, 0.6) is 5.75 Å². The van der Waals surface area contributed by atoms with Gasteiger partial charge in [-0.15, -0.1) is 24.0 Å². The van der Waals surface area contributed by atoms with Crippen molar-refractivity contribution in [3.8, 4) is 5.75 Å². The van der Waals surface area contributed by atoms with E-state index in [1.165, 1.54) is 0 Å². The summed E-state index contributed by atoms with van der Waals surface area (Å²) < 4.78 is 5.29. The quantitative estimate of drug-likeness (QED) is 0.263. The third-order valence-corrected chi connectivity index (χ3v) is 4.29. The Balaban J connectivity index is 0.00000338. The van der Waals surface area contributed by atoms with Crippen LogP contribution in [-0.2, 0) is 11.3 Å². The minimum Gasteiger partial charge on any atom is -0.496 e. The number of ether oxygens (including phenoxy) is 1. The predicted molar refractivity (Wildman–Crippen MR) is 116 cm³/mol. The topological polar surface area (TPSA) is 66.0 Å². The van der Waals surface area contributed by atoms with Gasteiger partial charge in [0.2, 0.25) is 5.91 Å². The maximum absolute atomic E-state index is 11.6. The molecule has 1 aromatic carbocycles. The van der Waals surface area contributed by atoms with E-state index < -0.39 is 0 Å². The zero-order chi connectivity index (χ0) is 18.1. The highest BCUT2D eigenvalue weighted by atomic mass is 127. The standard InChI is InChI=1S/C19H30N4O2.HI/c1-4-20-19(21-10-6-12-23-11-5-7-18(23)24)22-14-16-8-9-17(25-3)15(2)13-16;/h8-9,13H,4-7,10-12,14H2,1-3H3,(H2,20,21,22);1H. The molecule has 6 nitrogen and oxygen atoms in total. The van der Waals surface area contributed by atoms with Crippen LogP contribution in [0.2, 0.25) is 0 Å². The summed E-state index contributed by atoms with van der Waals surface area (Å²) in [5.74, 6) is 1.99. The molecule has 2 N–H and O–H groups in total. The molecule has 0 radical (unpaired) electrons. The first-order valence-corrected chi connectivity index (χ1v) is 9.07. The third-order valence-electron chi connectivity index (χ3n) is 4.29. The molecule has 7 heteroatoms. The van der Waals surface area contributed by atoms with E-state index in [0.29, 0.717) is 13.0 Å². The summed E-state index contributed by atoms with van der Waals surface area (Å²) in [6.45, 7) is 8.06. The molecule has 146 valence electrons.